The second-order valence-corrected chi connectivity index (χ2v) is 41.9. The minimum absolute atomic E-state index is 0.160. The van der Waals surface area contributed by atoms with Gasteiger partial charge in [-0.25, -0.2) is 0 Å². The van der Waals surface area contributed by atoms with E-state index in [0.717, 1.165) is 89.9 Å². The molecule has 0 aromatic heterocycles. The molecule has 4 saturated heterocycles. The maximum absolute atomic E-state index is 13.3. The molecule has 0 radical (unpaired) electrons. The van der Waals surface area contributed by atoms with Crippen LogP contribution in [0.2, 0.25) is 0 Å². The summed E-state index contributed by atoms with van der Waals surface area (Å²) >= 11 is 0. The predicted molar refractivity (Wildman–Crippen MR) is 578 cm³/mol. The molecule has 2 unspecified atom stereocenters. The third kappa shape index (κ3) is 70.9. The lowest BCUT2D eigenvalue weighted by atomic mass is 10.1. The molecule has 141 heavy (non-hydrogen) atoms. The van der Waals surface area contributed by atoms with E-state index in [1.165, 1.54) is 341 Å². The fourth-order valence-corrected chi connectivity index (χ4v) is 20.7. The lowest BCUT2D eigenvalue weighted by Crippen LogP contribution is -2.74. The van der Waals surface area contributed by atoms with Crippen molar-refractivity contribution >= 4 is 47.8 Å². The van der Waals surface area contributed by atoms with E-state index in [0.29, 0.717) is 151 Å². The van der Waals surface area contributed by atoms with Crippen molar-refractivity contribution in [3.05, 3.63) is 0 Å². The molecule has 0 bridgehead atoms. The summed E-state index contributed by atoms with van der Waals surface area (Å²) in [7, 11) is 1.42. The highest BCUT2D eigenvalue weighted by molar-refractivity contribution is 5.72. The van der Waals surface area contributed by atoms with Crippen LogP contribution in [0.15, 0.2) is 0 Å². The summed E-state index contributed by atoms with van der Waals surface area (Å²) < 4.78 is 45.4. The molecular weight excluding hydrogens is 1770 g/mol. The molecule has 0 saturated carbocycles. The molecule has 0 spiro atoms. The zero-order valence-electron chi connectivity index (χ0n) is 93.0. The average molecular weight is 2000 g/mol. The lowest BCUT2D eigenvalue weighted by molar-refractivity contribution is -0.166. The Balaban J connectivity index is 0.000000729. The number of hydrogen-bond acceptors (Lipinski definition) is 24. The zero-order valence-corrected chi connectivity index (χ0v) is 93.0. The summed E-state index contributed by atoms with van der Waals surface area (Å²) in [5, 5.41) is 0. The van der Waals surface area contributed by atoms with E-state index in [-0.39, 0.29) is 124 Å². The molecular formula is C117H222N8O16. The van der Waals surface area contributed by atoms with E-state index in [4.69, 9.17) is 37.9 Å². The van der Waals surface area contributed by atoms with Crippen LogP contribution >= 0.6 is 0 Å². The van der Waals surface area contributed by atoms with E-state index >= 15 is 0 Å². The van der Waals surface area contributed by atoms with Crippen molar-refractivity contribution in [1.29, 1.82) is 0 Å². The van der Waals surface area contributed by atoms with Crippen LogP contribution in [0.1, 0.15) is 524 Å². The minimum Gasteiger partial charge on any atom is -0.469 e. The molecule has 0 amide bonds. The van der Waals surface area contributed by atoms with Crippen LogP contribution < -0.4 is 0 Å². The number of esters is 8. The molecule has 826 valence electrons. The number of ether oxygens (including phenoxy) is 8. The van der Waals surface area contributed by atoms with Crippen LogP contribution in [-0.4, -0.2) is 270 Å². The number of methoxy groups -OCH3 is 1. The Morgan fingerprint density at radius 1 is 0.156 bits per heavy atom. The topological polar surface area (TPSA) is 236 Å². The first-order valence-electron chi connectivity index (χ1n) is 60.3. The quantitative estimate of drug-likeness (QED) is 0.0312. The highest BCUT2D eigenvalue weighted by Crippen LogP contribution is 2.32. The molecule has 2 atom stereocenters. The van der Waals surface area contributed by atoms with Crippen molar-refractivity contribution in [1.82, 2.24) is 39.2 Å². The number of carbonyl (C=O) groups is 8. The van der Waals surface area contributed by atoms with Crippen LogP contribution in [-0.2, 0) is 76.3 Å². The molecule has 4 rings (SSSR count). The summed E-state index contributed by atoms with van der Waals surface area (Å²) in [6, 6.07) is 0. The van der Waals surface area contributed by atoms with E-state index < -0.39 is 0 Å². The molecule has 0 aromatic rings. The molecule has 0 N–H and O–H groups in total. The van der Waals surface area contributed by atoms with E-state index in [2.05, 4.69) is 87.7 Å². The fraction of sp³-hybridized carbons (Fsp3) is 0.932. The van der Waals surface area contributed by atoms with Gasteiger partial charge >= 0.3 is 47.8 Å². The number of hydrogen-bond donors (Lipinski definition) is 0. The average Bonchev–Trinajstić information content (AvgIpc) is 0.769. The summed E-state index contributed by atoms with van der Waals surface area (Å²) in [6.07, 6.45) is 82.3. The van der Waals surface area contributed by atoms with E-state index in [9.17, 15) is 38.4 Å². The maximum Gasteiger partial charge on any atom is 0.307 e. The van der Waals surface area contributed by atoms with Crippen LogP contribution in [0.3, 0.4) is 0 Å². The van der Waals surface area contributed by atoms with Crippen molar-refractivity contribution in [3.8, 4) is 0 Å². The second kappa shape index (κ2) is 95.1. The number of fused-ring (bicyclic) bond motifs is 2. The normalized spacial score (nSPS) is 16.8. The van der Waals surface area contributed by atoms with Gasteiger partial charge in [0.05, 0.1) is 129 Å². The maximum atomic E-state index is 13.3. The van der Waals surface area contributed by atoms with Crippen molar-refractivity contribution in [2.45, 2.75) is 548 Å². The van der Waals surface area contributed by atoms with Crippen LogP contribution in [0.25, 0.3) is 0 Å². The molecule has 4 aliphatic heterocycles. The van der Waals surface area contributed by atoms with Gasteiger partial charge in [-0.05, 0) is 44.9 Å². The summed E-state index contributed by atoms with van der Waals surface area (Å²) in [6.45, 7) is 28.8. The Labute approximate surface area is 864 Å². The number of piperazine rings is 4. The van der Waals surface area contributed by atoms with Gasteiger partial charge in [-0.15, -0.1) is 0 Å². The monoisotopic (exact) mass is 2000 g/mol. The Morgan fingerprint density at radius 3 is 0.362 bits per heavy atom. The van der Waals surface area contributed by atoms with Gasteiger partial charge in [0, 0.05) is 105 Å². The van der Waals surface area contributed by atoms with Crippen molar-refractivity contribution < 1.29 is 76.3 Å². The fourth-order valence-electron chi connectivity index (χ4n) is 20.7. The van der Waals surface area contributed by atoms with Gasteiger partial charge in [0.2, 0.25) is 0 Å². The molecule has 4 fully saturated rings. The molecule has 24 nitrogen and oxygen atoms in total. The van der Waals surface area contributed by atoms with Crippen LogP contribution in [0, 0.1) is 0 Å². The molecule has 0 aliphatic carbocycles. The smallest absolute Gasteiger partial charge is 0.307 e. The van der Waals surface area contributed by atoms with E-state index in [1.807, 2.05) is 0 Å². The Morgan fingerprint density at radius 2 is 0.255 bits per heavy atom. The van der Waals surface area contributed by atoms with E-state index in [1.54, 1.807) is 0 Å². The SMILES string of the molecule is CCCCCCCCCCCCOC(=O)CCN1CCN(CCC(=O)OCCCCCCCCCCCC)C2C1N(CCC(=O)OC)CCN2CCC(=O)OCCCCCCCCCCCC.CCCCCCCCCCCOC(=O)CCN1CCN(CCC(=O)OCCCCCCCCCCC)C2C1N(CCC(=O)OCCCCCCCCCCC)CCN2CCC(=O)OCCCCCCCCCCC. The summed E-state index contributed by atoms with van der Waals surface area (Å²) in [4.78, 5) is 124. The Kier molecular flexibility index (Phi) is 88.1. The molecule has 4 aliphatic rings. The highest BCUT2D eigenvalue weighted by atomic mass is 16.6. The molecule has 4 heterocycles. The first-order valence-corrected chi connectivity index (χ1v) is 60.3. The Bertz CT molecular complexity index is 2700. The van der Waals surface area contributed by atoms with Gasteiger partial charge < -0.3 is 37.9 Å². The first kappa shape index (κ1) is 131. The lowest BCUT2D eigenvalue weighted by Gasteiger charge is -2.58. The van der Waals surface area contributed by atoms with Gasteiger partial charge in [0.25, 0.3) is 0 Å². The number of unbranched alkanes of at least 4 members (excludes halogenated alkanes) is 59. The van der Waals surface area contributed by atoms with Crippen molar-refractivity contribution in [3.63, 3.8) is 0 Å². The van der Waals surface area contributed by atoms with Gasteiger partial charge in [-0.1, -0.05) is 427 Å². The van der Waals surface area contributed by atoms with Crippen LogP contribution in [0.5, 0.6) is 0 Å². The predicted octanol–water partition coefficient (Wildman–Crippen LogP) is 26.7. The molecule has 24 heteroatoms. The zero-order chi connectivity index (χ0) is 102. The molecule has 0 aromatic carbocycles. The van der Waals surface area contributed by atoms with Gasteiger partial charge in [0.1, 0.15) is 0 Å². The van der Waals surface area contributed by atoms with Gasteiger partial charge in [-0.2, -0.15) is 0 Å². The summed E-state index contributed by atoms with van der Waals surface area (Å²) in [5.74, 6) is -1.50. The summed E-state index contributed by atoms with van der Waals surface area (Å²) in [5.41, 5.74) is 0. The van der Waals surface area contributed by atoms with Crippen LogP contribution in [0.4, 0.5) is 0 Å². The standard InChI is InChI=1S/C62H118N4O8.C55H104N4O8/c1-5-9-13-17-21-25-29-33-37-53-71-57(67)41-45-63-49-50-65(47-43-59(69)73-55-39-35-31-27-23-19-15-11-7-3)62-61(63)64(46-42-58(68)72-54-38-34-30-26-22-18-14-10-6-2)51-52-66(62)48-44-60(70)74-56-40-36-32-28-24-20-16-12-8-4;1-5-8-11-14-17-20-23-26-29-32-47-65-51(61)36-40-57-45-46-59(42-38-53(63)67-49-34-31-28-25-22-19-16-13-10-7-3)55-54(57)56(39-35-50(60)64-4)43-44-58(55)41-37-52(62)66-48-33-30-27-24-21-18-15-12-9-6-2/h61-62H,5-56H2,1-4H3;54-55H,5-49H2,1-4H3. The van der Waals surface area contributed by atoms with Crippen molar-refractivity contribution in [2.24, 2.45) is 0 Å². The van der Waals surface area contributed by atoms with Crippen molar-refractivity contribution in [2.75, 3.05) is 158 Å². The van der Waals surface area contributed by atoms with Gasteiger partial charge in [0.15, 0.2) is 0 Å². The van der Waals surface area contributed by atoms with Gasteiger partial charge in [-0.3, -0.25) is 77.6 Å². The first-order chi connectivity index (χ1) is 69.2. The third-order valence-corrected chi connectivity index (χ3v) is 29.6. The highest BCUT2D eigenvalue weighted by Gasteiger charge is 2.48. The largest absolute Gasteiger partial charge is 0.469 e. The Hall–Kier alpha value is -4.56. The second-order valence-electron chi connectivity index (χ2n) is 41.9. The number of rotatable bonds is 97. The third-order valence-electron chi connectivity index (χ3n) is 29.6. The number of carbonyl (C=O) groups excluding carboxylic acids is 8. The number of nitrogens with zero attached hydrogens (tertiary/aromatic N) is 8. The minimum atomic E-state index is -0.260.